The first-order valence-corrected chi connectivity index (χ1v) is 24.7. The molecule has 0 bridgehead atoms. The highest BCUT2D eigenvalue weighted by atomic mass is 16.5. The Hall–Kier alpha value is -7.42. The van der Waals surface area contributed by atoms with E-state index >= 15 is 0 Å². The van der Waals surface area contributed by atoms with E-state index in [4.69, 9.17) is 9.47 Å². The summed E-state index contributed by atoms with van der Waals surface area (Å²) in [5, 5.41) is 8.47. The number of ether oxygens (including phenoxy) is 2. The molecule has 0 saturated heterocycles. The molecule has 0 amide bonds. The lowest BCUT2D eigenvalue weighted by atomic mass is 9.68. The van der Waals surface area contributed by atoms with Crippen LogP contribution in [0.1, 0.15) is 85.0 Å². The smallest absolute Gasteiger partial charge is 0.127 e. The molecule has 0 saturated carbocycles. The normalized spacial score (nSPS) is 15.5. The summed E-state index contributed by atoms with van der Waals surface area (Å²) in [7, 11) is 0. The standard InChI is InChI=1S/C66H52O2/c1-65(2)57-37-45-33-41(39-25-29-49(30-26-39)67-47-13-7-5-8-14-47)21-23-43(45)35-55(57)61-51-17-12-20-54-60(51)59-52(18-11-19-53(59)63(61)65)62-56-36-44-24-22-42(34-46(44)38-58(56)66(3,4)64(54)62)40-27-31-50(32-28-40)68-48-15-9-6-10-16-48/h5-10,13-16,21-38H,11-12,17-20H2,1-4H3. The van der Waals surface area contributed by atoms with Gasteiger partial charge in [0.2, 0.25) is 0 Å². The molecule has 0 atom stereocenters. The molecule has 4 aliphatic carbocycles. The third-order valence-corrected chi connectivity index (χ3v) is 16.3. The summed E-state index contributed by atoms with van der Waals surface area (Å²) >= 11 is 0. The van der Waals surface area contributed by atoms with Crippen LogP contribution in [-0.2, 0) is 36.5 Å². The lowest BCUT2D eigenvalue weighted by molar-refractivity contribution is 0.482. The Bertz CT molecular complexity index is 3490. The second-order valence-corrected chi connectivity index (χ2v) is 20.9. The molecule has 328 valence electrons. The monoisotopic (exact) mass is 876 g/mol. The zero-order valence-electron chi connectivity index (χ0n) is 39.2. The second kappa shape index (κ2) is 14.5. The van der Waals surface area contributed by atoms with Gasteiger partial charge in [-0.1, -0.05) is 113 Å². The number of benzene rings is 10. The van der Waals surface area contributed by atoms with Gasteiger partial charge in [-0.3, -0.25) is 0 Å². The SMILES string of the molecule is CC1(C)c2cc3cc(-c4ccc(Oc5ccccc5)cc4)ccc3cc2-c2c1c1c3c(c4c(c5c3c2CCC5)C(C)(C)c2cc3cc(-c5ccc(Oc6ccccc6)cc5)ccc3cc2-4)CCC1. The Morgan fingerprint density at radius 1 is 0.338 bits per heavy atom. The van der Waals surface area contributed by atoms with Crippen molar-refractivity contribution in [1.82, 2.24) is 0 Å². The zero-order valence-corrected chi connectivity index (χ0v) is 39.2. The molecule has 0 fully saturated rings. The molecule has 0 N–H and O–H groups in total. The van der Waals surface area contributed by atoms with Crippen molar-refractivity contribution in [2.24, 2.45) is 0 Å². The van der Waals surface area contributed by atoms with Crippen LogP contribution in [-0.4, -0.2) is 0 Å². The molecule has 10 aromatic carbocycles. The van der Waals surface area contributed by atoms with Gasteiger partial charge in [0, 0.05) is 10.8 Å². The van der Waals surface area contributed by atoms with Gasteiger partial charge in [-0.15, -0.1) is 0 Å². The van der Waals surface area contributed by atoms with Gasteiger partial charge in [-0.25, -0.2) is 0 Å². The summed E-state index contributed by atoms with van der Waals surface area (Å²) in [5.74, 6) is 3.39. The van der Waals surface area contributed by atoms with Crippen LogP contribution in [0, 0.1) is 0 Å². The van der Waals surface area contributed by atoms with Crippen LogP contribution in [0.15, 0.2) is 170 Å². The van der Waals surface area contributed by atoms with Gasteiger partial charge >= 0.3 is 0 Å². The lowest BCUT2D eigenvalue weighted by Gasteiger charge is -2.35. The van der Waals surface area contributed by atoms with Crippen LogP contribution in [0.5, 0.6) is 23.0 Å². The number of para-hydroxylation sites is 2. The van der Waals surface area contributed by atoms with Gasteiger partial charge in [-0.05, 0) is 245 Å². The molecule has 4 aliphatic rings. The minimum absolute atomic E-state index is 0.114. The first-order chi connectivity index (χ1) is 33.2. The van der Waals surface area contributed by atoms with Crippen LogP contribution in [0.25, 0.3) is 76.8 Å². The van der Waals surface area contributed by atoms with E-state index in [1.807, 2.05) is 60.7 Å². The second-order valence-electron chi connectivity index (χ2n) is 20.9. The van der Waals surface area contributed by atoms with Crippen molar-refractivity contribution in [3.63, 3.8) is 0 Å². The van der Waals surface area contributed by atoms with E-state index in [9.17, 15) is 0 Å². The average Bonchev–Trinajstić information content (AvgIpc) is 3.74. The molecule has 0 radical (unpaired) electrons. The number of rotatable bonds is 6. The van der Waals surface area contributed by atoms with Gasteiger partial charge in [0.1, 0.15) is 23.0 Å². The molecule has 0 aliphatic heterocycles. The first kappa shape index (κ1) is 39.7. The minimum Gasteiger partial charge on any atom is -0.457 e. The molecule has 0 aromatic heterocycles. The molecule has 68 heavy (non-hydrogen) atoms. The zero-order chi connectivity index (χ0) is 45.5. The maximum atomic E-state index is 6.12. The number of hydrogen-bond acceptors (Lipinski definition) is 2. The Labute approximate surface area is 398 Å². The predicted octanol–water partition coefficient (Wildman–Crippen LogP) is 17.7. The summed E-state index contributed by atoms with van der Waals surface area (Å²) in [4.78, 5) is 0. The van der Waals surface area contributed by atoms with Crippen molar-refractivity contribution in [3.05, 3.63) is 214 Å². The van der Waals surface area contributed by atoms with Crippen molar-refractivity contribution in [2.75, 3.05) is 0 Å². The van der Waals surface area contributed by atoms with Crippen molar-refractivity contribution in [1.29, 1.82) is 0 Å². The number of aryl methyl sites for hydroxylation is 4. The highest BCUT2D eigenvalue weighted by Crippen LogP contribution is 2.62. The summed E-state index contributed by atoms with van der Waals surface area (Å²) in [6, 6.07) is 61.4. The van der Waals surface area contributed by atoms with Gasteiger partial charge in [-0.2, -0.15) is 0 Å². The summed E-state index contributed by atoms with van der Waals surface area (Å²) in [6.07, 6.45) is 6.94. The van der Waals surface area contributed by atoms with Crippen LogP contribution < -0.4 is 9.47 Å². The van der Waals surface area contributed by atoms with E-state index in [1.54, 1.807) is 55.3 Å². The predicted molar refractivity (Wildman–Crippen MR) is 282 cm³/mol. The maximum Gasteiger partial charge on any atom is 0.127 e. The van der Waals surface area contributed by atoms with E-state index in [0.717, 1.165) is 48.7 Å². The van der Waals surface area contributed by atoms with Crippen LogP contribution in [0.3, 0.4) is 0 Å². The fraction of sp³-hybridized carbons (Fsp3) is 0.182. The van der Waals surface area contributed by atoms with Crippen molar-refractivity contribution < 1.29 is 9.47 Å². The number of hydrogen-bond donors (Lipinski definition) is 0. The minimum atomic E-state index is -0.114. The van der Waals surface area contributed by atoms with Crippen molar-refractivity contribution in [3.8, 4) is 67.5 Å². The van der Waals surface area contributed by atoms with Crippen LogP contribution in [0.2, 0.25) is 0 Å². The van der Waals surface area contributed by atoms with E-state index < -0.39 is 0 Å². The first-order valence-electron chi connectivity index (χ1n) is 24.7. The van der Waals surface area contributed by atoms with E-state index in [0.29, 0.717) is 0 Å². The van der Waals surface area contributed by atoms with Crippen molar-refractivity contribution >= 4 is 32.3 Å². The Morgan fingerprint density at radius 3 is 1.12 bits per heavy atom. The molecular formula is C66H52O2. The van der Waals surface area contributed by atoms with Gasteiger partial charge in [0.25, 0.3) is 0 Å². The summed E-state index contributed by atoms with van der Waals surface area (Å²) < 4.78 is 12.2. The molecule has 14 rings (SSSR count). The molecule has 2 nitrogen and oxygen atoms in total. The van der Waals surface area contributed by atoms with E-state index in [-0.39, 0.29) is 10.8 Å². The fourth-order valence-electron chi connectivity index (χ4n) is 13.3. The van der Waals surface area contributed by atoms with E-state index in [2.05, 4.69) is 137 Å². The molecular weight excluding hydrogens is 825 g/mol. The fourth-order valence-corrected chi connectivity index (χ4v) is 13.3. The highest BCUT2D eigenvalue weighted by Gasteiger charge is 2.46. The third-order valence-electron chi connectivity index (χ3n) is 16.3. The van der Waals surface area contributed by atoms with Gasteiger partial charge in [0.15, 0.2) is 0 Å². The molecule has 2 heteroatoms. The van der Waals surface area contributed by atoms with Gasteiger partial charge < -0.3 is 9.47 Å². The molecule has 10 aromatic rings. The molecule has 0 unspecified atom stereocenters. The third kappa shape index (κ3) is 5.83. The maximum absolute atomic E-state index is 6.12. The topological polar surface area (TPSA) is 18.5 Å². The average molecular weight is 877 g/mol. The molecule has 0 spiro atoms. The summed E-state index contributed by atoms with van der Waals surface area (Å²) in [5.41, 5.74) is 23.3. The number of fused-ring (bicyclic) bond motifs is 12. The Kier molecular flexibility index (Phi) is 8.49. The molecule has 0 heterocycles. The Morgan fingerprint density at radius 2 is 0.706 bits per heavy atom. The largest absolute Gasteiger partial charge is 0.457 e. The van der Waals surface area contributed by atoms with Crippen LogP contribution >= 0.6 is 0 Å². The van der Waals surface area contributed by atoms with Gasteiger partial charge in [0.05, 0.1) is 0 Å². The van der Waals surface area contributed by atoms with Crippen LogP contribution in [0.4, 0.5) is 0 Å². The summed E-state index contributed by atoms with van der Waals surface area (Å²) in [6.45, 7) is 10.1. The van der Waals surface area contributed by atoms with E-state index in [1.165, 1.54) is 78.9 Å². The van der Waals surface area contributed by atoms with Crippen molar-refractivity contribution in [2.45, 2.75) is 77.0 Å². The quantitative estimate of drug-likeness (QED) is 0.166. The lowest BCUT2D eigenvalue weighted by Crippen LogP contribution is -2.23. The highest BCUT2D eigenvalue weighted by molar-refractivity contribution is 6.11. The Balaban J connectivity index is 0.875.